The molecule has 0 aromatic heterocycles. The summed E-state index contributed by atoms with van der Waals surface area (Å²) in [5.74, 6) is -1.84. The Bertz CT molecular complexity index is 271. The SMILES string of the molecule is CCCCCN(CCCCC)[C@@H](CCC(=O)O)C(=O)O. The van der Waals surface area contributed by atoms with Gasteiger partial charge in [-0.15, -0.1) is 0 Å². The molecule has 20 heavy (non-hydrogen) atoms. The van der Waals surface area contributed by atoms with Gasteiger partial charge in [-0.05, 0) is 32.4 Å². The zero-order valence-electron chi connectivity index (χ0n) is 12.8. The maximum atomic E-state index is 11.4. The van der Waals surface area contributed by atoms with E-state index < -0.39 is 18.0 Å². The molecule has 2 N–H and O–H groups in total. The Labute approximate surface area is 122 Å². The van der Waals surface area contributed by atoms with E-state index in [-0.39, 0.29) is 12.8 Å². The van der Waals surface area contributed by atoms with Gasteiger partial charge < -0.3 is 10.2 Å². The van der Waals surface area contributed by atoms with Crippen molar-refractivity contribution in [2.24, 2.45) is 0 Å². The minimum Gasteiger partial charge on any atom is -0.481 e. The van der Waals surface area contributed by atoms with E-state index in [1.54, 1.807) is 0 Å². The molecule has 1 atom stereocenters. The molecule has 0 unspecified atom stereocenters. The molecule has 0 aliphatic carbocycles. The van der Waals surface area contributed by atoms with Gasteiger partial charge in [0.1, 0.15) is 6.04 Å². The summed E-state index contributed by atoms with van der Waals surface area (Å²) in [5.41, 5.74) is 0. The molecule has 0 saturated carbocycles. The summed E-state index contributed by atoms with van der Waals surface area (Å²) in [4.78, 5) is 24.0. The monoisotopic (exact) mass is 287 g/mol. The van der Waals surface area contributed by atoms with Crippen LogP contribution in [-0.2, 0) is 9.59 Å². The molecule has 5 heteroatoms. The maximum Gasteiger partial charge on any atom is 0.320 e. The Morgan fingerprint density at radius 3 is 1.80 bits per heavy atom. The van der Waals surface area contributed by atoms with E-state index in [2.05, 4.69) is 13.8 Å². The number of carboxylic acids is 2. The average Bonchev–Trinajstić information content (AvgIpc) is 2.38. The Morgan fingerprint density at radius 2 is 1.45 bits per heavy atom. The Hall–Kier alpha value is -1.10. The van der Waals surface area contributed by atoms with Crippen molar-refractivity contribution < 1.29 is 19.8 Å². The molecule has 0 aromatic rings. The van der Waals surface area contributed by atoms with Crippen LogP contribution in [0.25, 0.3) is 0 Å². The zero-order valence-corrected chi connectivity index (χ0v) is 12.8. The second kappa shape index (κ2) is 11.7. The molecule has 0 aliphatic rings. The second-order valence-corrected chi connectivity index (χ2v) is 5.24. The van der Waals surface area contributed by atoms with Crippen LogP contribution in [0.15, 0.2) is 0 Å². The number of carbonyl (C=O) groups is 2. The number of nitrogens with zero attached hydrogens (tertiary/aromatic N) is 1. The topological polar surface area (TPSA) is 77.8 Å². The third kappa shape index (κ3) is 8.91. The third-order valence-electron chi connectivity index (χ3n) is 3.46. The first-order chi connectivity index (χ1) is 9.52. The molecule has 0 aliphatic heterocycles. The first-order valence-corrected chi connectivity index (χ1v) is 7.71. The van der Waals surface area contributed by atoms with Crippen LogP contribution in [0.2, 0.25) is 0 Å². The highest BCUT2D eigenvalue weighted by molar-refractivity contribution is 5.75. The molecule has 0 fully saturated rings. The van der Waals surface area contributed by atoms with E-state index >= 15 is 0 Å². The molecule has 0 spiro atoms. The van der Waals surface area contributed by atoms with E-state index in [4.69, 9.17) is 5.11 Å². The van der Waals surface area contributed by atoms with Gasteiger partial charge in [-0.3, -0.25) is 14.5 Å². The summed E-state index contributed by atoms with van der Waals surface area (Å²) in [7, 11) is 0. The molecule has 0 rings (SSSR count). The predicted octanol–water partition coefficient (Wildman–Crippen LogP) is 2.99. The van der Waals surface area contributed by atoms with Crippen molar-refractivity contribution in [2.45, 2.75) is 71.3 Å². The molecule has 0 saturated heterocycles. The highest BCUT2D eigenvalue weighted by atomic mass is 16.4. The van der Waals surface area contributed by atoms with Crippen molar-refractivity contribution in [1.29, 1.82) is 0 Å². The van der Waals surface area contributed by atoms with Gasteiger partial charge in [-0.25, -0.2) is 0 Å². The highest BCUT2D eigenvalue weighted by Gasteiger charge is 2.25. The number of unbranched alkanes of at least 4 members (excludes halogenated alkanes) is 4. The van der Waals surface area contributed by atoms with Gasteiger partial charge in [0.2, 0.25) is 0 Å². The molecule has 118 valence electrons. The lowest BCUT2D eigenvalue weighted by Gasteiger charge is -2.28. The molecule has 0 aromatic carbocycles. The predicted molar refractivity (Wildman–Crippen MR) is 78.9 cm³/mol. The average molecular weight is 287 g/mol. The van der Waals surface area contributed by atoms with Crippen molar-refractivity contribution in [2.75, 3.05) is 13.1 Å². The minimum atomic E-state index is -0.932. The fraction of sp³-hybridized carbons (Fsp3) is 0.867. The summed E-state index contributed by atoms with van der Waals surface area (Å²) in [5, 5.41) is 18.1. The number of carboxylic acid groups (broad SMARTS) is 2. The van der Waals surface area contributed by atoms with Crippen LogP contribution in [0.1, 0.15) is 65.2 Å². The Balaban J connectivity index is 4.52. The van der Waals surface area contributed by atoms with Gasteiger partial charge in [0.25, 0.3) is 0 Å². The summed E-state index contributed by atoms with van der Waals surface area (Å²) in [6, 6.07) is -0.667. The summed E-state index contributed by atoms with van der Waals surface area (Å²) < 4.78 is 0. The lowest BCUT2D eigenvalue weighted by atomic mass is 10.1. The summed E-state index contributed by atoms with van der Waals surface area (Å²) in [6.07, 6.45) is 6.38. The lowest BCUT2D eigenvalue weighted by Crippen LogP contribution is -2.42. The molecule has 0 bridgehead atoms. The van der Waals surface area contributed by atoms with E-state index in [0.717, 1.165) is 51.6 Å². The Kier molecular flexibility index (Phi) is 11.1. The number of hydrogen-bond donors (Lipinski definition) is 2. The standard InChI is InChI=1S/C15H29NO4/c1-3-5-7-11-16(12-8-6-4-2)13(15(19)20)9-10-14(17)18/h13H,3-12H2,1-2H3,(H,17,18)(H,19,20)/t13-/m0/s1. The van der Waals surface area contributed by atoms with Crippen LogP contribution in [0.3, 0.4) is 0 Å². The van der Waals surface area contributed by atoms with Crippen molar-refractivity contribution >= 4 is 11.9 Å². The quantitative estimate of drug-likeness (QED) is 0.509. The smallest absolute Gasteiger partial charge is 0.320 e. The first kappa shape index (κ1) is 18.9. The van der Waals surface area contributed by atoms with Crippen LogP contribution in [0.5, 0.6) is 0 Å². The zero-order chi connectivity index (χ0) is 15.4. The van der Waals surface area contributed by atoms with E-state index in [0.29, 0.717) is 0 Å². The summed E-state index contributed by atoms with van der Waals surface area (Å²) in [6.45, 7) is 5.71. The molecule has 0 amide bonds. The normalized spacial score (nSPS) is 12.6. The van der Waals surface area contributed by atoms with E-state index in [1.807, 2.05) is 4.90 Å². The molecule has 5 nitrogen and oxygen atoms in total. The van der Waals surface area contributed by atoms with E-state index in [1.165, 1.54) is 0 Å². The number of aliphatic carboxylic acids is 2. The fourth-order valence-corrected chi connectivity index (χ4v) is 2.28. The van der Waals surface area contributed by atoms with Gasteiger partial charge in [0.05, 0.1) is 0 Å². The minimum absolute atomic E-state index is 0.0883. The van der Waals surface area contributed by atoms with Gasteiger partial charge in [-0.2, -0.15) is 0 Å². The molecule has 0 heterocycles. The fourth-order valence-electron chi connectivity index (χ4n) is 2.28. The maximum absolute atomic E-state index is 11.4. The first-order valence-electron chi connectivity index (χ1n) is 7.71. The van der Waals surface area contributed by atoms with Crippen LogP contribution < -0.4 is 0 Å². The number of rotatable bonds is 13. The molecule has 0 radical (unpaired) electrons. The largest absolute Gasteiger partial charge is 0.481 e. The van der Waals surface area contributed by atoms with Gasteiger partial charge in [0.15, 0.2) is 0 Å². The van der Waals surface area contributed by atoms with Crippen molar-refractivity contribution in [1.82, 2.24) is 4.90 Å². The van der Waals surface area contributed by atoms with Crippen LogP contribution in [0.4, 0.5) is 0 Å². The Morgan fingerprint density at radius 1 is 0.950 bits per heavy atom. The second-order valence-electron chi connectivity index (χ2n) is 5.24. The number of hydrogen-bond acceptors (Lipinski definition) is 3. The van der Waals surface area contributed by atoms with Crippen LogP contribution in [-0.4, -0.2) is 46.2 Å². The van der Waals surface area contributed by atoms with Gasteiger partial charge in [-0.1, -0.05) is 39.5 Å². The van der Waals surface area contributed by atoms with Crippen molar-refractivity contribution in [3.63, 3.8) is 0 Å². The third-order valence-corrected chi connectivity index (χ3v) is 3.46. The molecular weight excluding hydrogens is 258 g/mol. The molecular formula is C15H29NO4. The van der Waals surface area contributed by atoms with Crippen LogP contribution in [0, 0.1) is 0 Å². The van der Waals surface area contributed by atoms with Crippen molar-refractivity contribution in [3.05, 3.63) is 0 Å². The summed E-state index contributed by atoms with van der Waals surface area (Å²) >= 11 is 0. The van der Waals surface area contributed by atoms with Crippen LogP contribution >= 0.6 is 0 Å². The van der Waals surface area contributed by atoms with Gasteiger partial charge in [0, 0.05) is 6.42 Å². The van der Waals surface area contributed by atoms with Crippen molar-refractivity contribution in [3.8, 4) is 0 Å². The highest BCUT2D eigenvalue weighted by Crippen LogP contribution is 2.12. The lowest BCUT2D eigenvalue weighted by molar-refractivity contribution is -0.144. The van der Waals surface area contributed by atoms with E-state index in [9.17, 15) is 14.7 Å². The van der Waals surface area contributed by atoms with Gasteiger partial charge >= 0.3 is 11.9 Å².